The average molecular weight is 263 g/mol. The van der Waals surface area contributed by atoms with Crippen LogP contribution >= 0.6 is 0 Å². The van der Waals surface area contributed by atoms with Gasteiger partial charge in [-0.25, -0.2) is 0 Å². The van der Waals surface area contributed by atoms with E-state index in [2.05, 4.69) is 44.3 Å². The van der Waals surface area contributed by atoms with Gasteiger partial charge in [0.2, 0.25) is 0 Å². The topological polar surface area (TPSA) is 30.5 Å². The zero-order chi connectivity index (χ0) is 13.9. The fourth-order valence-corrected chi connectivity index (χ4v) is 2.79. The molecule has 1 aromatic carbocycles. The molecule has 0 saturated heterocycles. The van der Waals surface area contributed by atoms with E-state index in [1.165, 1.54) is 11.1 Å². The number of rotatable bonds is 6. The molecule has 1 N–H and O–H groups in total. The molecule has 106 valence electrons. The van der Waals surface area contributed by atoms with Crippen LogP contribution in [0, 0.1) is 0 Å². The second kappa shape index (κ2) is 5.93. The summed E-state index contributed by atoms with van der Waals surface area (Å²) in [6, 6.07) is 6.59. The molecule has 2 rings (SSSR count). The Bertz CT molecular complexity index is 427. The van der Waals surface area contributed by atoms with Crippen LogP contribution in [0.3, 0.4) is 0 Å². The maximum Gasteiger partial charge on any atom is 0.127 e. The number of benzene rings is 1. The lowest BCUT2D eigenvalue weighted by molar-refractivity contribution is -0.0301. The van der Waals surface area contributed by atoms with Gasteiger partial charge in [-0.1, -0.05) is 32.0 Å². The third-order valence-electron chi connectivity index (χ3n) is 4.24. The summed E-state index contributed by atoms with van der Waals surface area (Å²) >= 11 is 0. The number of methoxy groups -OCH3 is 1. The van der Waals surface area contributed by atoms with Gasteiger partial charge in [-0.05, 0) is 25.5 Å². The van der Waals surface area contributed by atoms with Crippen molar-refractivity contribution in [3.63, 3.8) is 0 Å². The minimum absolute atomic E-state index is 0.153. The Hall–Kier alpha value is -1.06. The highest BCUT2D eigenvalue weighted by molar-refractivity contribution is 5.46. The summed E-state index contributed by atoms with van der Waals surface area (Å²) in [6.07, 6.45) is 1.96. The van der Waals surface area contributed by atoms with E-state index in [0.29, 0.717) is 0 Å². The number of fused-ring (bicyclic) bond motifs is 1. The number of likely N-dealkylation sites (N-methyl/N-ethyl adjacent to an activating group) is 1. The summed E-state index contributed by atoms with van der Waals surface area (Å²) in [5.74, 6) is 1.06. The smallest absolute Gasteiger partial charge is 0.127 e. The van der Waals surface area contributed by atoms with Crippen molar-refractivity contribution >= 4 is 0 Å². The van der Waals surface area contributed by atoms with Gasteiger partial charge in [0.05, 0.1) is 18.2 Å². The quantitative estimate of drug-likeness (QED) is 0.855. The molecule has 0 saturated carbocycles. The molecular weight excluding hydrogens is 238 g/mol. The predicted octanol–water partition coefficient (Wildman–Crippen LogP) is 3.09. The van der Waals surface area contributed by atoms with Gasteiger partial charge in [0, 0.05) is 19.1 Å². The van der Waals surface area contributed by atoms with Crippen molar-refractivity contribution in [3.8, 4) is 5.75 Å². The molecule has 0 amide bonds. The normalized spacial score (nSPS) is 18.5. The first kappa shape index (κ1) is 14.4. The minimum Gasteiger partial charge on any atom is -0.493 e. The number of para-hydroxylation sites is 1. The Morgan fingerprint density at radius 1 is 1.42 bits per heavy atom. The van der Waals surface area contributed by atoms with Crippen molar-refractivity contribution in [2.45, 2.75) is 45.3 Å². The molecule has 19 heavy (non-hydrogen) atoms. The summed E-state index contributed by atoms with van der Waals surface area (Å²) in [5, 5.41) is 3.57. The van der Waals surface area contributed by atoms with Crippen molar-refractivity contribution < 1.29 is 9.47 Å². The Morgan fingerprint density at radius 3 is 2.84 bits per heavy atom. The van der Waals surface area contributed by atoms with Crippen LogP contribution in [-0.2, 0) is 11.2 Å². The molecule has 0 fully saturated rings. The van der Waals surface area contributed by atoms with E-state index in [1.54, 1.807) is 7.11 Å². The van der Waals surface area contributed by atoms with Gasteiger partial charge >= 0.3 is 0 Å². The van der Waals surface area contributed by atoms with Crippen LogP contribution in [-0.4, -0.2) is 25.9 Å². The van der Waals surface area contributed by atoms with Crippen LogP contribution in [0.15, 0.2) is 18.2 Å². The van der Waals surface area contributed by atoms with Crippen LogP contribution in [0.2, 0.25) is 0 Å². The lowest BCUT2D eigenvalue weighted by Gasteiger charge is -2.37. The third-order valence-corrected chi connectivity index (χ3v) is 4.24. The highest BCUT2D eigenvalue weighted by Gasteiger charge is 2.36. The SMILES string of the molecule is CCNC(c1cccc2c1OCC2)C(C)(CC)OC. The van der Waals surface area contributed by atoms with Crippen molar-refractivity contribution in [2.75, 3.05) is 20.3 Å². The van der Waals surface area contributed by atoms with Gasteiger partial charge in [0.25, 0.3) is 0 Å². The number of nitrogens with one attached hydrogen (secondary N) is 1. The van der Waals surface area contributed by atoms with Gasteiger partial charge in [-0.2, -0.15) is 0 Å². The van der Waals surface area contributed by atoms with E-state index in [4.69, 9.17) is 9.47 Å². The van der Waals surface area contributed by atoms with E-state index in [1.807, 2.05) is 0 Å². The second-order valence-electron chi connectivity index (χ2n) is 5.29. The Labute approximate surface area is 116 Å². The Kier molecular flexibility index (Phi) is 4.48. The van der Waals surface area contributed by atoms with Crippen molar-refractivity contribution in [1.29, 1.82) is 0 Å². The molecule has 2 unspecified atom stereocenters. The van der Waals surface area contributed by atoms with E-state index in [-0.39, 0.29) is 11.6 Å². The first-order chi connectivity index (χ1) is 9.16. The summed E-state index contributed by atoms with van der Waals surface area (Å²) in [5.41, 5.74) is 2.31. The van der Waals surface area contributed by atoms with Crippen LogP contribution in [0.25, 0.3) is 0 Å². The molecule has 1 aliphatic rings. The number of hydrogen-bond donors (Lipinski definition) is 1. The minimum atomic E-state index is -0.225. The van der Waals surface area contributed by atoms with E-state index in [0.717, 1.165) is 31.7 Å². The van der Waals surface area contributed by atoms with Crippen LogP contribution in [0.4, 0.5) is 0 Å². The zero-order valence-corrected chi connectivity index (χ0v) is 12.5. The van der Waals surface area contributed by atoms with Crippen LogP contribution < -0.4 is 10.1 Å². The van der Waals surface area contributed by atoms with Gasteiger partial charge in [0.15, 0.2) is 0 Å². The Morgan fingerprint density at radius 2 is 2.21 bits per heavy atom. The first-order valence-corrected chi connectivity index (χ1v) is 7.19. The molecule has 0 aliphatic carbocycles. The predicted molar refractivity (Wildman–Crippen MR) is 77.8 cm³/mol. The zero-order valence-electron chi connectivity index (χ0n) is 12.5. The lowest BCUT2D eigenvalue weighted by atomic mass is 9.86. The highest BCUT2D eigenvalue weighted by Crippen LogP contribution is 2.40. The molecule has 1 aromatic rings. The van der Waals surface area contributed by atoms with Crippen molar-refractivity contribution in [2.24, 2.45) is 0 Å². The molecule has 2 atom stereocenters. The third kappa shape index (κ3) is 2.63. The molecule has 0 spiro atoms. The molecular formula is C16H25NO2. The lowest BCUT2D eigenvalue weighted by Crippen LogP contribution is -2.43. The monoisotopic (exact) mass is 263 g/mol. The summed E-state index contributed by atoms with van der Waals surface area (Å²) in [4.78, 5) is 0. The number of ether oxygens (including phenoxy) is 2. The van der Waals surface area contributed by atoms with E-state index >= 15 is 0 Å². The van der Waals surface area contributed by atoms with Crippen molar-refractivity contribution in [3.05, 3.63) is 29.3 Å². The summed E-state index contributed by atoms with van der Waals surface area (Å²) in [7, 11) is 1.79. The summed E-state index contributed by atoms with van der Waals surface area (Å²) < 4.78 is 11.6. The second-order valence-corrected chi connectivity index (χ2v) is 5.29. The first-order valence-electron chi connectivity index (χ1n) is 7.19. The number of hydrogen-bond acceptors (Lipinski definition) is 3. The van der Waals surface area contributed by atoms with E-state index < -0.39 is 0 Å². The standard InChI is InChI=1S/C16H25NO2/c1-5-16(3,18-4)15(17-6-2)13-9-7-8-12-10-11-19-14(12)13/h7-9,15,17H,5-6,10-11H2,1-4H3. The maximum absolute atomic E-state index is 5.85. The molecule has 1 heterocycles. The molecule has 3 heteroatoms. The molecule has 0 radical (unpaired) electrons. The summed E-state index contributed by atoms with van der Waals surface area (Å²) in [6.45, 7) is 8.16. The van der Waals surface area contributed by atoms with Gasteiger partial charge in [-0.3, -0.25) is 0 Å². The van der Waals surface area contributed by atoms with Crippen molar-refractivity contribution in [1.82, 2.24) is 5.32 Å². The molecule has 0 bridgehead atoms. The maximum atomic E-state index is 5.85. The fraction of sp³-hybridized carbons (Fsp3) is 0.625. The largest absolute Gasteiger partial charge is 0.493 e. The molecule has 0 aromatic heterocycles. The fourth-order valence-electron chi connectivity index (χ4n) is 2.79. The van der Waals surface area contributed by atoms with Crippen LogP contribution in [0.1, 0.15) is 44.4 Å². The average Bonchev–Trinajstić information content (AvgIpc) is 2.92. The highest BCUT2D eigenvalue weighted by atomic mass is 16.5. The molecule has 3 nitrogen and oxygen atoms in total. The van der Waals surface area contributed by atoms with E-state index in [9.17, 15) is 0 Å². The Balaban J connectivity index is 2.42. The van der Waals surface area contributed by atoms with Crippen LogP contribution in [0.5, 0.6) is 5.75 Å². The van der Waals surface area contributed by atoms with Gasteiger partial charge < -0.3 is 14.8 Å². The van der Waals surface area contributed by atoms with Gasteiger partial charge in [0.1, 0.15) is 5.75 Å². The van der Waals surface area contributed by atoms with Gasteiger partial charge in [-0.15, -0.1) is 0 Å². The molecule has 1 aliphatic heterocycles.